The fourth-order valence-electron chi connectivity index (χ4n) is 4.48. The van der Waals surface area contributed by atoms with Crippen LogP contribution in [0.4, 0.5) is 21.5 Å². The van der Waals surface area contributed by atoms with Crippen LogP contribution in [0.15, 0.2) is 48.5 Å². The Labute approximate surface area is 224 Å². The van der Waals surface area contributed by atoms with E-state index in [1.165, 1.54) is 83.9 Å². The molecular weight excluding hydrogens is 511 g/mol. The Balaban J connectivity index is 1.96. The molecule has 3 aromatic carbocycles. The zero-order valence-electron chi connectivity index (χ0n) is 22.2. The van der Waals surface area contributed by atoms with Gasteiger partial charge in [0.15, 0.2) is 34.7 Å². The average Bonchev–Trinajstić information content (AvgIpc) is 2.95. The molecule has 1 aliphatic rings. The fraction of sp³-hybridized carbons (Fsp3) is 0.250. The number of carbonyl (C=O) groups excluding carboxylic acids is 3. The van der Waals surface area contributed by atoms with Crippen LogP contribution in [0.5, 0.6) is 28.7 Å². The number of ketones is 1. The minimum Gasteiger partial charge on any atom is -0.493 e. The van der Waals surface area contributed by atoms with E-state index in [0.717, 1.165) is 4.90 Å². The lowest BCUT2D eigenvalue weighted by Gasteiger charge is -2.35. The Morgan fingerprint density at radius 1 is 0.795 bits per heavy atom. The zero-order chi connectivity index (χ0) is 28.4. The molecule has 0 spiro atoms. The van der Waals surface area contributed by atoms with Crippen LogP contribution in [0.2, 0.25) is 0 Å². The van der Waals surface area contributed by atoms with Crippen molar-refractivity contribution in [1.82, 2.24) is 0 Å². The number of hydrogen-bond acceptors (Lipinski definition) is 8. The standard InChI is InChI=1S/C28H27FN2O8/c1-30(16-9-7-15(29)8-10-16)27(33)22-24(32)18-14-21(37-4)25(38-5)26(39-6)23(18)31(28(22)34)17-11-12-19(35-2)20(13-17)36-3/h7-14,22H,1-6H3. The number of carbonyl (C=O) groups is 3. The summed E-state index contributed by atoms with van der Waals surface area (Å²) in [6, 6.07) is 11.2. The highest BCUT2D eigenvalue weighted by Gasteiger charge is 2.48. The molecular formula is C28H27FN2O8. The summed E-state index contributed by atoms with van der Waals surface area (Å²) in [7, 11) is 8.46. The van der Waals surface area contributed by atoms with Crippen molar-refractivity contribution in [2.24, 2.45) is 5.92 Å². The first-order chi connectivity index (χ1) is 18.7. The van der Waals surface area contributed by atoms with Gasteiger partial charge in [-0.3, -0.25) is 19.3 Å². The summed E-state index contributed by atoms with van der Waals surface area (Å²) in [5, 5.41) is 0. The van der Waals surface area contributed by atoms with Gasteiger partial charge >= 0.3 is 0 Å². The average molecular weight is 539 g/mol. The minimum absolute atomic E-state index is 0.00439. The lowest BCUT2D eigenvalue weighted by atomic mass is 9.87. The Morgan fingerprint density at radius 2 is 1.41 bits per heavy atom. The van der Waals surface area contributed by atoms with E-state index in [-0.39, 0.29) is 34.2 Å². The molecule has 4 rings (SSSR count). The van der Waals surface area contributed by atoms with E-state index >= 15 is 0 Å². The first-order valence-corrected chi connectivity index (χ1v) is 11.7. The quantitative estimate of drug-likeness (QED) is 0.397. The molecule has 0 radical (unpaired) electrons. The first kappa shape index (κ1) is 27.2. The predicted molar refractivity (Wildman–Crippen MR) is 140 cm³/mol. The molecule has 1 unspecified atom stereocenters. The summed E-state index contributed by atoms with van der Waals surface area (Å²) in [6.45, 7) is 0. The highest BCUT2D eigenvalue weighted by Crippen LogP contribution is 2.52. The summed E-state index contributed by atoms with van der Waals surface area (Å²) in [6.07, 6.45) is 0. The molecule has 204 valence electrons. The molecule has 2 amide bonds. The number of fused-ring (bicyclic) bond motifs is 1. The van der Waals surface area contributed by atoms with Crippen molar-refractivity contribution in [2.45, 2.75) is 0 Å². The Hall–Kier alpha value is -4.80. The highest BCUT2D eigenvalue weighted by molar-refractivity contribution is 6.35. The van der Waals surface area contributed by atoms with E-state index in [1.54, 1.807) is 12.1 Å². The molecule has 11 heteroatoms. The number of halogens is 1. The number of anilines is 3. The molecule has 0 N–H and O–H groups in total. The van der Waals surface area contributed by atoms with Crippen LogP contribution in [0.25, 0.3) is 0 Å². The minimum atomic E-state index is -1.76. The van der Waals surface area contributed by atoms with Crippen molar-refractivity contribution in [2.75, 3.05) is 52.4 Å². The van der Waals surface area contributed by atoms with Crippen LogP contribution in [-0.2, 0) is 9.59 Å². The smallest absolute Gasteiger partial charge is 0.252 e. The van der Waals surface area contributed by atoms with E-state index in [4.69, 9.17) is 23.7 Å². The molecule has 3 aromatic rings. The third kappa shape index (κ3) is 4.56. The van der Waals surface area contributed by atoms with Gasteiger partial charge in [0.25, 0.3) is 5.91 Å². The predicted octanol–water partition coefficient (Wildman–Crippen LogP) is 4.01. The van der Waals surface area contributed by atoms with Crippen molar-refractivity contribution in [3.63, 3.8) is 0 Å². The fourth-order valence-corrected chi connectivity index (χ4v) is 4.48. The molecule has 0 saturated carbocycles. The third-order valence-corrected chi connectivity index (χ3v) is 6.44. The van der Waals surface area contributed by atoms with Gasteiger partial charge in [-0.05, 0) is 42.5 Å². The van der Waals surface area contributed by atoms with Crippen LogP contribution in [0.3, 0.4) is 0 Å². The monoisotopic (exact) mass is 538 g/mol. The normalized spacial score (nSPS) is 14.4. The van der Waals surface area contributed by atoms with Gasteiger partial charge in [0.05, 0.1) is 46.8 Å². The van der Waals surface area contributed by atoms with Crippen LogP contribution >= 0.6 is 0 Å². The summed E-state index contributed by atoms with van der Waals surface area (Å²) >= 11 is 0. The molecule has 1 aliphatic heterocycles. The molecule has 0 fully saturated rings. The topological polar surface area (TPSA) is 104 Å². The van der Waals surface area contributed by atoms with Crippen molar-refractivity contribution in [3.8, 4) is 28.7 Å². The van der Waals surface area contributed by atoms with E-state index in [2.05, 4.69) is 0 Å². The van der Waals surface area contributed by atoms with E-state index in [0.29, 0.717) is 17.2 Å². The molecule has 0 aromatic heterocycles. The van der Waals surface area contributed by atoms with Crippen LogP contribution in [0.1, 0.15) is 10.4 Å². The van der Waals surface area contributed by atoms with Gasteiger partial charge in [-0.15, -0.1) is 0 Å². The van der Waals surface area contributed by atoms with Gasteiger partial charge in [0, 0.05) is 18.8 Å². The lowest BCUT2D eigenvalue weighted by molar-refractivity contribution is -0.129. The molecule has 0 bridgehead atoms. The number of hydrogen-bond donors (Lipinski definition) is 0. The number of amides is 2. The summed E-state index contributed by atoms with van der Waals surface area (Å²) < 4.78 is 40.7. The van der Waals surface area contributed by atoms with Gasteiger partial charge in [0.2, 0.25) is 11.7 Å². The number of nitrogens with zero attached hydrogens (tertiary/aromatic N) is 2. The van der Waals surface area contributed by atoms with E-state index in [1.807, 2.05) is 0 Å². The molecule has 1 atom stereocenters. The zero-order valence-corrected chi connectivity index (χ0v) is 22.2. The van der Waals surface area contributed by atoms with Crippen molar-refractivity contribution < 1.29 is 42.5 Å². The van der Waals surface area contributed by atoms with Gasteiger partial charge < -0.3 is 28.6 Å². The summed E-state index contributed by atoms with van der Waals surface area (Å²) in [5.74, 6) is -3.55. The molecule has 39 heavy (non-hydrogen) atoms. The molecule has 10 nitrogen and oxygen atoms in total. The Morgan fingerprint density at radius 3 is 1.97 bits per heavy atom. The maximum absolute atomic E-state index is 14.1. The van der Waals surface area contributed by atoms with Crippen LogP contribution in [0, 0.1) is 11.7 Å². The maximum Gasteiger partial charge on any atom is 0.252 e. The summed E-state index contributed by atoms with van der Waals surface area (Å²) in [5.41, 5.74) is 0.658. The number of Topliss-reactive ketones (excluding diaryl/α,β-unsaturated/α-hetero) is 1. The molecule has 1 heterocycles. The van der Waals surface area contributed by atoms with E-state index in [9.17, 15) is 18.8 Å². The van der Waals surface area contributed by atoms with Gasteiger partial charge in [-0.25, -0.2) is 4.39 Å². The number of methoxy groups -OCH3 is 5. The van der Waals surface area contributed by atoms with Crippen LogP contribution in [-0.4, -0.2) is 60.2 Å². The van der Waals surface area contributed by atoms with Gasteiger partial charge in [0.1, 0.15) is 11.5 Å². The van der Waals surface area contributed by atoms with Crippen molar-refractivity contribution in [1.29, 1.82) is 0 Å². The maximum atomic E-state index is 14.1. The van der Waals surface area contributed by atoms with E-state index < -0.39 is 29.3 Å². The number of ether oxygens (including phenoxy) is 5. The lowest BCUT2D eigenvalue weighted by Crippen LogP contribution is -2.50. The Kier molecular flexibility index (Phi) is 7.61. The van der Waals surface area contributed by atoms with Crippen molar-refractivity contribution >= 4 is 34.7 Å². The summed E-state index contributed by atoms with van der Waals surface area (Å²) in [4.78, 5) is 44.0. The second-order valence-corrected chi connectivity index (χ2v) is 8.43. The Bertz CT molecular complexity index is 1440. The second kappa shape index (κ2) is 10.9. The second-order valence-electron chi connectivity index (χ2n) is 8.43. The number of benzene rings is 3. The van der Waals surface area contributed by atoms with Crippen molar-refractivity contribution in [3.05, 3.63) is 59.9 Å². The molecule has 0 aliphatic carbocycles. The number of rotatable bonds is 8. The molecule has 0 saturated heterocycles. The van der Waals surface area contributed by atoms with Crippen LogP contribution < -0.4 is 33.5 Å². The first-order valence-electron chi connectivity index (χ1n) is 11.7. The largest absolute Gasteiger partial charge is 0.493 e. The van der Waals surface area contributed by atoms with Gasteiger partial charge in [-0.2, -0.15) is 0 Å². The third-order valence-electron chi connectivity index (χ3n) is 6.44. The SMILES string of the molecule is COc1ccc(N2C(=O)C(C(=O)N(C)c3ccc(F)cc3)C(=O)c3cc(OC)c(OC)c(OC)c32)cc1OC. The van der Waals surface area contributed by atoms with Gasteiger partial charge in [-0.1, -0.05) is 0 Å². The highest BCUT2D eigenvalue weighted by atomic mass is 19.1.